The molecule has 0 saturated heterocycles. The summed E-state index contributed by atoms with van der Waals surface area (Å²) in [6, 6.07) is 0. The van der Waals surface area contributed by atoms with E-state index in [9.17, 15) is 19.2 Å². The molecule has 32 heavy (non-hydrogen) atoms. The van der Waals surface area contributed by atoms with E-state index in [2.05, 4.69) is 0 Å². The van der Waals surface area contributed by atoms with Crippen LogP contribution in [0.2, 0.25) is 0 Å². The Morgan fingerprint density at radius 1 is 0.562 bits per heavy atom. The molecule has 0 rings (SSSR count). The van der Waals surface area contributed by atoms with Crippen LogP contribution < -0.4 is 0 Å². The minimum Gasteiger partial charge on any atom is -0.463 e. The third kappa shape index (κ3) is 25.4. The maximum atomic E-state index is 11.2. The lowest BCUT2D eigenvalue weighted by Crippen LogP contribution is -2.24. The van der Waals surface area contributed by atoms with Gasteiger partial charge in [-0.15, -0.1) is 0 Å². The van der Waals surface area contributed by atoms with Crippen LogP contribution in [0.25, 0.3) is 0 Å². The zero-order chi connectivity index (χ0) is 25.2. The van der Waals surface area contributed by atoms with Gasteiger partial charge in [-0.05, 0) is 54.4 Å². The van der Waals surface area contributed by atoms with Crippen LogP contribution in [0, 0.1) is 0 Å². The molecule has 0 aromatic rings. The summed E-state index contributed by atoms with van der Waals surface area (Å²) in [5.41, 5.74) is -1.12. The molecule has 0 spiro atoms. The molecule has 0 atom stereocenters. The number of esters is 4. The average Bonchev–Trinajstić information content (AvgIpc) is 2.63. The molecule has 0 unspecified atom stereocenters. The van der Waals surface area contributed by atoms with E-state index >= 15 is 0 Å². The van der Waals surface area contributed by atoms with Gasteiger partial charge in [0, 0.05) is 24.3 Å². The van der Waals surface area contributed by atoms with Gasteiger partial charge in [0.15, 0.2) is 0 Å². The van der Waals surface area contributed by atoms with Gasteiger partial charge >= 0.3 is 23.9 Å². The summed E-state index contributed by atoms with van der Waals surface area (Å²) >= 11 is 0. The van der Waals surface area contributed by atoms with Gasteiger partial charge in [0.05, 0.1) is 13.2 Å². The zero-order valence-corrected chi connectivity index (χ0v) is 20.8. The molecule has 0 aromatic heterocycles. The van der Waals surface area contributed by atoms with Crippen molar-refractivity contribution in [1.82, 2.24) is 0 Å². The first-order valence-electron chi connectivity index (χ1n) is 10.9. The van der Waals surface area contributed by atoms with Crippen molar-refractivity contribution in [2.75, 3.05) is 13.2 Å². The third-order valence-corrected chi connectivity index (χ3v) is 3.01. The predicted molar refractivity (Wildman–Crippen MR) is 122 cm³/mol. The largest absolute Gasteiger partial charge is 0.463 e. The lowest BCUT2D eigenvalue weighted by Gasteiger charge is -2.19. The van der Waals surface area contributed by atoms with Gasteiger partial charge in [-0.3, -0.25) is 0 Å². The fourth-order valence-electron chi connectivity index (χ4n) is 1.67. The van der Waals surface area contributed by atoms with Crippen molar-refractivity contribution in [3.8, 4) is 0 Å². The molecule has 0 N–H and O–H groups in total. The van der Waals surface area contributed by atoms with Gasteiger partial charge in [-0.2, -0.15) is 0 Å². The fourth-order valence-corrected chi connectivity index (χ4v) is 1.67. The highest BCUT2D eigenvalue weighted by molar-refractivity contribution is 5.92. The van der Waals surface area contributed by atoms with Crippen molar-refractivity contribution in [3.63, 3.8) is 0 Å². The number of hydrogen-bond donors (Lipinski definition) is 0. The Kier molecular flexibility index (Phi) is 16.7. The molecular weight excluding hydrogens is 416 g/mol. The molecule has 0 amide bonds. The normalized spacial score (nSPS) is 11.5. The number of carbonyl (C=O) groups excluding carboxylic acids is 4. The van der Waals surface area contributed by atoms with Crippen molar-refractivity contribution in [1.29, 1.82) is 0 Å². The van der Waals surface area contributed by atoms with Gasteiger partial charge in [-0.25, -0.2) is 19.2 Å². The van der Waals surface area contributed by atoms with Crippen LogP contribution in [0.3, 0.4) is 0 Å². The summed E-state index contributed by atoms with van der Waals surface area (Å²) in [7, 11) is 0. The lowest BCUT2D eigenvalue weighted by atomic mass is 10.2. The topological polar surface area (TPSA) is 105 Å². The number of carbonyl (C=O) groups is 4. The highest BCUT2D eigenvalue weighted by atomic mass is 16.6. The van der Waals surface area contributed by atoms with Gasteiger partial charge in [0.2, 0.25) is 0 Å². The molecule has 0 aliphatic carbocycles. The smallest absolute Gasteiger partial charge is 0.331 e. The van der Waals surface area contributed by atoms with Crippen molar-refractivity contribution < 1.29 is 38.1 Å². The Morgan fingerprint density at radius 3 is 1.09 bits per heavy atom. The van der Waals surface area contributed by atoms with E-state index < -0.39 is 35.1 Å². The number of rotatable bonds is 10. The van der Waals surface area contributed by atoms with Crippen LogP contribution in [0.5, 0.6) is 0 Å². The van der Waals surface area contributed by atoms with Crippen molar-refractivity contribution in [3.05, 3.63) is 24.3 Å². The van der Waals surface area contributed by atoms with Crippen LogP contribution in [0.15, 0.2) is 24.3 Å². The average molecular weight is 457 g/mol. The van der Waals surface area contributed by atoms with Crippen LogP contribution in [0.1, 0.15) is 81.1 Å². The van der Waals surface area contributed by atoms with Crippen LogP contribution in [0.4, 0.5) is 0 Å². The van der Waals surface area contributed by atoms with Gasteiger partial charge in [-0.1, -0.05) is 26.7 Å². The van der Waals surface area contributed by atoms with E-state index in [1.165, 1.54) is 0 Å². The number of hydrogen-bond acceptors (Lipinski definition) is 8. The first-order valence-corrected chi connectivity index (χ1v) is 10.9. The standard InChI is InChI=1S/2C12H20O4/c1-11(2,3)15-9(13)7-8-10(14)16-12(4,5)6;1-3-5-9-15-11(13)7-8-12(14)16-10-6-4-2/h7-8H,1-6H3;7-8H,3-6,9-10H2,1-2H3/b2*8-7+. The van der Waals surface area contributed by atoms with Gasteiger partial charge in [0.1, 0.15) is 11.2 Å². The molecule has 0 radical (unpaired) electrons. The summed E-state index contributed by atoms with van der Waals surface area (Å²) in [5.74, 6) is -2.11. The summed E-state index contributed by atoms with van der Waals surface area (Å²) < 4.78 is 19.6. The summed E-state index contributed by atoms with van der Waals surface area (Å²) in [5, 5.41) is 0. The van der Waals surface area contributed by atoms with E-state index in [0.29, 0.717) is 13.2 Å². The molecule has 0 heterocycles. The van der Waals surface area contributed by atoms with Crippen molar-refractivity contribution in [2.45, 2.75) is 92.3 Å². The second-order valence-electron chi connectivity index (χ2n) is 8.78. The molecule has 0 aromatic carbocycles. The fraction of sp³-hybridized carbons (Fsp3) is 0.667. The van der Waals surface area contributed by atoms with Crippen LogP contribution in [-0.2, 0) is 38.1 Å². The maximum Gasteiger partial charge on any atom is 0.331 e. The van der Waals surface area contributed by atoms with Crippen molar-refractivity contribution in [2.24, 2.45) is 0 Å². The molecule has 0 saturated carbocycles. The van der Waals surface area contributed by atoms with Gasteiger partial charge < -0.3 is 18.9 Å². The summed E-state index contributed by atoms with van der Waals surface area (Å²) in [4.78, 5) is 44.5. The van der Waals surface area contributed by atoms with E-state index in [1.54, 1.807) is 41.5 Å². The number of unbranched alkanes of at least 4 members (excludes halogenated alkanes) is 2. The van der Waals surface area contributed by atoms with E-state index in [0.717, 1.165) is 50.0 Å². The Morgan fingerprint density at radius 2 is 0.844 bits per heavy atom. The second-order valence-corrected chi connectivity index (χ2v) is 8.78. The molecule has 8 nitrogen and oxygen atoms in total. The molecule has 0 bridgehead atoms. The Bertz CT molecular complexity index is 579. The Balaban J connectivity index is 0. The highest BCUT2D eigenvalue weighted by Gasteiger charge is 2.16. The van der Waals surface area contributed by atoms with Crippen molar-refractivity contribution >= 4 is 23.9 Å². The molecule has 0 aliphatic rings. The SMILES string of the molecule is CC(C)(C)OC(=O)/C=C/C(=O)OC(C)(C)C.CCCCOC(=O)/C=C/C(=O)OCCCC. The maximum absolute atomic E-state index is 11.2. The Hall–Kier alpha value is -2.64. The predicted octanol–water partition coefficient (Wildman–Crippen LogP) is 4.46. The quantitative estimate of drug-likeness (QED) is 0.205. The molecular formula is C24H40O8. The molecule has 8 heteroatoms. The van der Waals surface area contributed by atoms with Crippen LogP contribution >= 0.6 is 0 Å². The highest BCUT2D eigenvalue weighted by Crippen LogP contribution is 2.09. The van der Waals surface area contributed by atoms with E-state index in [1.807, 2.05) is 13.8 Å². The first kappa shape index (κ1) is 31.5. The lowest BCUT2D eigenvalue weighted by molar-refractivity contribution is -0.151. The summed E-state index contributed by atoms with van der Waals surface area (Å²) in [6.45, 7) is 15.3. The third-order valence-electron chi connectivity index (χ3n) is 3.01. The minimum absolute atomic E-state index is 0.393. The van der Waals surface area contributed by atoms with Gasteiger partial charge in [0.25, 0.3) is 0 Å². The molecule has 0 aliphatic heterocycles. The molecule has 184 valence electrons. The number of ether oxygens (including phenoxy) is 4. The first-order chi connectivity index (χ1) is 14.7. The van der Waals surface area contributed by atoms with E-state index in [4.69, 9.17) is 18.9 Å². The van der Waals surface area contributed by atoms with E-state index in [-0.39, 0.29) is 0 Å². The molecule has 0 fully saturated rings. The second kappa shape index (κ2) is 17.0. The minimum atomic E-state index is -0.560. The summed E-state index contributed by atoms with van der Waals surface area (Å²) in [6.07, 6.45) is 7.94. The Labute approximate surface area is 192 Å². The zero-order valence-electron chi connectivity index (χ0n) is 20.8. The monoisotopic (exact) mass is 456 g/mol. The van der Waals surface area contributed by atoms with Crippen LogP contribution in [-0.4, -0.2) is 48.3 Å².